The van der Waals surface area contributed by atoms with E-state index in [9.17, 15) is 14.8 Å². The second-order valence-electron chi connectivity index (χ2n) is 7.01. The van der Waals surface area contributed by atoms with Crippen LogP contribution in [0, 0.1) is 0 Å². The molecule has 0 saturated heterocycles. The van der Waals surface area contributed by atoms with Gasteiger partial charge in [0.25, 0.3) is 5.91 Å². The molecule has 30 heavy (non-hydrogen) atoms. The highest BCUT2D eigenvalue weighted by Gasteiger charge is 2.39. The second kappa shape index (κ2) is 9.24. The molecule has 0 spiro atoms. The third-order valence-corrected chi connectivity index (χ3v) is 5.25. The molecule has 3 rings (SSSR count). The van der Waals surface area contributed by atoms with Gasteiger partial charge >= 0.3 is 0 Å². The summed E-state index contributed by atoms with van der Waals surface area (Å²) >= 11 is 0. The van der Waals surface area contributed by atoms with Crippen LogP contribution in [0.15, 0.2) is 84.9 Å². The third-order valence-electron chi connectivity index (χ3n) is 5.25. The van der Waals surface area contributed by atoms with Gasteiger partial charge in [-0.2, -0.15) is 0 Å². The van der Waals surface area contributed by atoms with Gasteiger partial charge in [0.2, 0.25) is 5.91 Å². The Morgan fingerprint density at radius 2 is 1.37 bits per heavy atom. The van der Waals surface area contributed by atoms with E-state index in [2.05, 4.69) is 5.32 Å². The molecule has 2 amide bonds. The summed E-state index contributed by atoms with van der Waals surface area (Å²) in [7, 11) is 1.54. The first-order valence-corrected chi connectivity index (χ1v) is 9.50. The van der Waals surface area contributed by atoms with Gasteiger partial charge in [-0.25, -0.2) is 5.48 Å². The van der Waals surface area contributed by atoms with Crippen LogP contribution in [0.2, 0.25) is 0 Å². The molecule has 3 aromatic carbocycles. The smallest absolute Gasteiger partial charge is 0.270 e. The summed E-state index contributed by atoms with van der Waals surface area (Å²) in [4.78, 5) is 26.0. The lowest BCUT2D eigenvalue weighted by molar-refractivity contribution is -0.136. The predicted molar refractivity (Wildman–Crippen MR) is 113 cm³/mol. The first-order valence-electron chi connectivity index (χ1n) is 9.50. The van der Waals surface area contributed by atoms with Crippen LogP contribution in [0.3, 0.4) is 0 Å². The van der Waals surface area contributed by atoms with Crippen molar-refractivity contribution in [3.63, 3.8) is 0 Å². The van der Waals surface area contributed by atoms with E-state index < -0.39 is 17.4 Å². The van der Waals surface area contributed by atoms with Gasteiger partial charge in [0, 0.05) is 0 Å². The van der Waals surface area contributed by atoms with E-state index in [-0.39, 0.29) is 5.91 Å². The van der Waals surface area contributed by atoms with Crippen LogP contribution in [-0.4, -0.2) is 24.1 Å². The third kappa shape index (κ3) is 4.18. The van der Waals surface area contributed by atoms with Gasteiger partial charge in [-0.05, 0) is 35.7 Å². The number of methoxy groups -OCH3 is 1. The number of benzene rings is 3. The van der Waals surface area contributed by atoms with Crippen molar-refractivity contribution in [2.24, 2.45) is 0 Å². The maximum absolute atomic E-state index is 13.6. The van der Waals surface area contributed by atoms with E-state index in [1.807, 2.05) is 67.6 Å². The first kappa shape index (κ1) is 21.1. The fourth-order valence-electron chi connectivity index (χ4n) is 3.41. The molecule has 0 radical (unpaired) electrons. The highest BCUT2D eigenvalue weighted by atomic mass is 16.5. The van der Waals surface area contributed by atoms with E-state index in [4.69, 9.17) is 4.74 Å². The van der Waals surface area contributed by atoms with E-state index in [0.717, 1.165) is 11.1 Å². The molecule has 0 bridgehead atoms. The fourth-order valence-corrected chi connectivity index (χ4v) is 3.41. The Morgan fingerprint density at radius 1 is 0.867 bits per heavy atom. The number of rotatable bonds is 7. The summed E-state index contributed by atoms with van der Waals surface area (Å²) in [6.45, 7) is 1.81. The van der Waals surface area contributed by atoms with Crippen molar-refractivity contribution in [1.29, 1.82) is 0 Å². The number of carbonyl (C=O) groups excluding carboxylic acids is 2. The van der Waals surface area contributed by atoms with Crippen LogP contribution in [0.5, 0.6) is 5.75 Å². The topological polar surface area (TPSA) is 87.7 Å². The number of ether oxygens (including phenoxy) is 1. The number of hydrogen-bond acceptors (Lipinski definition) is 4. The maximum atomic E-state index is 13.6. The van der Waals surface area contributed by atoms with Crippen LogP contribution in [-0.2, 0) is 15.0 Å². The van der Waals surface area contributed by atoms with Crippen LogP contribution in [0.1, 0.15) is 29.7 Å². The molecule has 0 fully saturated rings. The summed E-state index contributed by atoms with van der Waals surface area (Å²) in [5.74, 6) is -0.493. The van der Waals surface area contributed by atoms with Crippen molar-refractivity contribution < 1.29 is 19.5 Å². The van der Waals surface area contributed by atoms with Gasteiger partial charge in [0.05, 0.1) is 12.5 Å². The standard InChI is InChI=1S/C24H24N2O4/c1-24(18-9-5-3-6-10-18,19-11-7-4-8-12-19)23(28)25-21(22(27)26-29)17-13-15-20(30-2)16-14-17/h3-16,21,29H,1-2H3,(H,25,28)(H,26,27)/t21-/m1/s1. The molecule has 0 heterocycles. The highest BCUT2D eigenvalue weighted by Crippen LogP contribution is 2.33. The van der Waals surface area contributed by atoms with Crippen LogP contribution >= 0.6 is 0 Å². The van der Waals surface area contributed by atoms with Crippen LogP contribution < -0.4 is 15.5 Å². The average Bonchev–Trinajstić information content (AvgIpc) is 2.82. The van der Waals surface area contributed by atoms with E-state index in [0.29, 0.717) is 11.3 Å². The summed E-state index contributed by atoms with van der Waals surface area (Å²) in [5, 5.41) is 12.0. The predicted octanol–water partition coefficient (Wildman–Crippen LogP) is 3.36. The van der Waals surface area contributed by atoms with Crippen molar-refractivity contribution in [3.8, 4) is 5.75 Å². The zero-order valence-corrected chi connectivity index (χ0v) is 16.8. The minimum Gasteiger partial charge on any atom is -0.497 e. The van der Waals surface area contributed by atoms with E-state index in [1.165, 1.54) is 0 Å². The quantitative estimate of drug-likeness (QED) is 0.416. The molecule has 3 aromatic rings. The molecule has 6 heteroatoms. The zero-order valence-electron chi connectivity index (χ0n) is 16.8. The molecular weight excluding hydrogens is 380 g/mol. The second-order valence-corrected chi connectivity index (χ2v) is 7.01. The molecule has 0 unspecified atom stereocenters. The molecule has 3 N–H and O–H groups in total. The van der Waals surface area contributed by atoms with Crippen LogP contribution in [0.25, 0.3) is 0 Å². The Balaban J connectivity index is 2.01. The Morgan fingerprint density at radius 3 is 1.80 bits per heavy atom. The minimum absolute atomic E-state index is 0.371. The summed E-state index contributed by atoms with van der Waals surface area (Å²) in [6.07, 6.45) is 0. The van der Waals surface area contributed by atoms with Crippen molar-refractivity contribution in [1.82, 2.24) is 10.8 Å². The molecule has 1 atom stereocenters. The SMILES string of the molecule is COc1ccc([C@@H](NC(=O)C(C)(c2ccccc2)c2ccccc2)C(=O)NO)cc1. The minimum atomic E-state index is -1.08. The Hall–Kier alpha value is -3.64. The molecule has 154 valence electrons. The normalized spacial score (nSPS) is 12.0. The number of carbonyl (C=O) groups is 2. The van der Waals surface area contributed by atoms with Gasteiger partial charge < -0.3 is 10.1 Å². The molecular formula is C24H24N2O4. The number of hydroxylamine groups is 1. The lowest BCUT2D eigenvalue weighted by Gasteiger charge is -2.31. The van der Waals surface area contributed by atoms with E-state index >= 15 is 0 Å². The Labute approximate surface area is 175 Å². The molecule has 0 aliphatic rings. The summed E-state index contributed by atoms with van der Waals surface area (Å²) in [5.41, 5.74) is 2.67. The highest BCUT2D eigenvalue weighted by molar-refractivity contribution is 5.95. The molecule has 0 saturated carbocycles. The maximum Gasteiger partial charge on any atom is 0.270 e. The first-order chi connectivity index (χ1) is 14.5. The van der Waals surface area contributed by atoms with Crippen molar-refractivity contribution in [2.45, 2.75) is 18.4 Å². The van der Waals surface area contributed by atoms with Crippen molar-refractivity contribution >= 4 is 11.8 Å². The van der Waals surface area contributed by atoms with Crippen molar-refractivity contribution in [2.75, 3.05) is 7.11 Å². The van der Waals surface area contributed by atoms with Crippen molar-refractivity contribution in [3.05, 3.63) is 102 Å². The van der Waals surface area contributed by atoms with E-state index in [1.54, 1.807) is 36.9 Å². The number of nitrogens with one attached hydrogen (secondary N) is 2. The lowest BCUT2D eigenvalue weighted by Crippen LogP contribution is -2.48. The number of hydrogen-bond donors (Lipinski definition) is 3. The fraction of sp³-hybridized carbons (Fsp3) is 0.167. The Bertz CT molecular complexity index is 949. The van der Waals surface area contributed by atoms with Gasteiger partial charge in [-0.1, -0.05) is 72.8 Å². The summed E-state index contributed by atoms with van der Waals surface area (Å²) in [6, 6.07) is 24.4. The van der Waals surface area contributed by atoms with Gasteiger partial charge in [0.15, 0.2) is 0 Å². The molecule has 0 aliphatic carbocycles. The lowest BCUT2D eigenvalue weighted by atomic mass is 9.75. The van der Waals surface area contributed by atoms with Crippen LogP contribution in [0.4, 0.5) is 0 Å². The molecule has 6 nitrogen and oxygen atoms in total. The summed E-state index contributed by atoms with van der Waals surface area (Å²) < 4.78 is 5.15. The van der Waals surface area contributed by atoms with Gasteiger partial charge in [-0.3, -0.25) is 14.8 Å². The molecule has 0 aromatic heterocycles. The Kier molecular flexibility index (Phi) is 6.49. The van der Waals surface area contributed by atoms with Gasteiger partial charge in [-0.15, -0.1) is 0 Å². The van der Waals surface area contributed by atoms with Gasteiger partial charge in [0.1, 0.15) is 11.8 Å². The monoisotopic (exact) mass is 404 g/mol. The average molecular weight is 404 g/mol. The zero-order chi connectivity index (χ0) is 21.6. The number of amides is 2. The largest absolute Gasteiger partial charge is 0.497 e. The molecule has 0 aliphatic heterocycles.